The molecule has 0 fully saturated rings. The lowest BCUT2D eigenvalue weighted by molar-refractivity contribution is -0.120. The normalized spacial score (nSPS) is 14.7. The highest BCUT2D eigenvalue weighted by Crippen LogP contribution is 2.31. The minimum Gasteiger partial charge on any atom is -0.483 e. The number of carbonyl (C=O) groups is 1. The minimum absolute atomic E-state index is 0.0230. The molecule has 0 atom stereocenters. The topological polar surface area (TPSA) is 38.3 Å². The van der Waals surface area contributed by atoms with Gasteiger partial charge in [-0.05, 0) is 43.2 Å². The highest BCUT2D eigenvalue weighted by atomic mass is 16.5. The van der Waals surface area contributed by atoms with Crippen molar-refractivity contribution in [3.05, 3.63) is 71.3 Å². The van der Waals surface area contributed by atoms with Crippen molar-refractivity contribution in [1.29, 1.82) is 0 Å². The van der Waals surface area contributed by atoms with Gasteiger partial charge in [-0.2, -0.15) is 0 Å². The van der Waals surface area contributed by atoms with E-state index in [1.54, 1.807) is 0 Å². The highest BCUT2D eigenvalue weighted by Gasteiger charge is 2.21. The first-order chi connectivity index (χ1) is 11.0. The Morgan fingerprint density at radius 1 is 1.09 bits per heavy atom. The molecule has 0 aliphatic carbocycles. The Morgan fingerprint density at radius 3 is 2.65 bits per heavy atom. The summed E-state index contributed by atoms with van der Waals surface area (Å²) in [4.78, 5) is 12.1. The van der Waals surface area contributed by atoms with E-state index in [0.29, 0.717) is 13.0 Å². The summed E-state index contributed by atoms with van der Waals surface area (Å²) in [5.74, 6) is 0.890. The monoisotopic (exact) mass is 307 g/mol. The molecule has 2 aromatic rings. The molecule has 3 rings (SSSR count). The predicted molar refractivity (Wildman–Crippen MR) is 92.2 cm³/mol. The number of hydrogen-bond acceptors (Lipinski definition) is 2. The first-order valence-electron chi connectivity index (χ1n) is 7.84. The zero-order chi connectivity index (χ0) is 16.3. The molecule has 0 radical (unpaired) electrons. The molecule has 0 saturated heterocycles. The molecule has 0 saturated carbocycles. The van der Waals surface area contributed by atoms with Crippen LogP contribution in [0.2, 0.25) is 0 Å². The number of hydrogen-bond donors (Lipinski definition) is 1. The molecule has 0 spiro atoms. The van der Waals surface area contributed by atoms with E-state index in [1.807, 2.05) is 68.5 Å². The molecule has 23 heavy (non-hydrogen) atoms. The molecule has 1 aliphatic heterocycles. The van der Waals surface area contributed by atoms with Crippen LogP contribution in [0.4, 0.5) is 0 Å². The highest BCUT2D eigenvalue weighted by molar-refractivity contribution is 5.79. The first kappa shape index (κ1) is 15.3. The summed E-state index contributed by atoms with van der Waals surface area (Å²) in [6.07, 6.45) is 4.47. The molecule has 1 aliphatic rings. The van der Waals surface area contributed by atoms with E-state index in [-0.39, 0.29) is 11.5 Å². The lowest BCUT2D eigenvalue weighted by Gasteiger charge is -2.28. The number of carbonyl (C=O) groups excluding carboxylic acids is 1. The summed E-state index contributed by atoms with van der Waals surface area (Å²) < 4.78 is 5.90. The summed E-state index contributed by atoms with van der Waals surface area (Å²) in [6.45, 7) is 4.61. The van der Waals surface area contributed by atoms with Gasteiger partial charge in [0, 0.05) is 12.1 Å². The van der Waals surface area contributed by atoms with Gasteiger partial charge in [0.25, 0.3) is 0 Å². The van der Waals surface area contributed by atoms with Gasteiger partial charge in [-0.1, -0.05) is 42.5 Å². The quantitative estimate of drug-likeness (QED) is 0.934. The molecule has 3 nitrogen and oxygen atoms in total. The number of nitrogens with one attached hydrogen (secondary N) is 1. The molecule has 0 aromatic heterocycles. The third-order valence-electron chi connectivity index (χ3n) is 3.81. The summed E-state index contributed by atoms with van der Waals surface area (Å²) in [7, 11) is 0. The average molecular weight is 307 g/mol. The molecule has 1 amide bonds. The van der Waals surface area contributed by atoms with Crippen LogP contribution in [0.1, 0.15) is 30.5 Å². The standard InChI is InChI=1S/C20H21NO2/c1-20(2)11-10-17-12-16(8-9-18(17)23-20)13-19(22)21-14-15-6-4-3-5-7-15/h3-12H,13-14H2,1-2H3,(H,21,22). The summed E-state index contributed by atoms with van der Waals surface area (Å²) in [5.41, 5.74) is 2.84. The molecule has 2 aromatic carbocycles. The van der Waals surface area contributed by atoms with E-state index in [1.165, 1.54) is 0 Å². The van der Waals surface area contributed by atoms with Gasteiger partial charge in [0.1, 0.15) is 11.4 Å². The zero-order valence-electron chi connectivity index (χ0n) is 13.5. The maximum Gasteiger partial charge on any atom is 0.224 e. The number of benzene rings is 2. The van der Waals surface area contributed by atoms with Gasteiger partial charge in [-0.15, -0.1) is 0 Å². The molecule has 1 N–H and O–H groups in total. The zero-order valence-corrected chi connectivity index (χ0v) is 13.5. The number of amides is 1. The molecule has 0 bridgehead atoms. The summed E-state index contributed by atoms with van der Waals surface area (Å²) in [6, 6.07) is 15.8. The van der Waals surface area contributed by atoms with Gasteiger partial charge in [0.2, 0.25) is 5.91 Å². The Morgan fingerprint density at radius 2 is 1.87 bits per heavy atom. The third kappa shape index (κ3) is 4.01. The van der Waals surface area contributed by atoms with E-state index in [0.717, 1.165) is 22.4 Å². The van der Waals surface area contributed by atoms with Crippen LogP contribution in [0.5, 0.6) is 5.75 Å². The second-order valence-corrected chi connectivity index (χ2v) is 6.35. The summed E-state index contributed by atoms with van der Waals surface area (Å²) >= 11 is 0. The van der Waals surface area contributed by atoms with Gasteiger partial charge in [0.05, 0.1) is 6.42 Å². The average Bonchev–Trinajstić information content (AvgIpc) is 2.53. The van der Waals surface area contributed by atoms with Crippen LogP contribution in [-0.2, 0) is 17.8 Å². The SMILES string of the molecule is CC1(C)C=Cc2cc(CC(=O)NCc3ccccc3)ccc2O1. The van der Waals surface area contributed by atoms with Crippen molar-refractivity contribution in [3.8, 4) is 5.75 Å². The summed E-state index contributed by atoms with van der Waals surface area (Å²) in [5, 5.41) is 2.95. The maximum absolute atomic E-state index is 12.1. The van der Waals surface area contributed by atoms with E-state index in [2.05, 4.69) is 11.4 Å². The Labute approximate surface area is 137 Å². The Kier molecular flexibility index (Phi) is 4.20. The Bertz CT molecular complexity index is 733. The first-order valence-corrected chi connectivity index (χ1v) is 7.84. The fourth-order valence-electron chi connectivity index (χ4n) is 2.58. The van der Waals surface area contributed by atoms with Crippen molar-refractivity contribution >= 4 is 12.0 Å². The number of rotatable bonds is 4. The smallest absolute Gasteiger partial charge is 0.224 e. The molecule has 3 heteroatoms. The van der Waals surface area contributed by atoms with E-state index in [9.17, 15) is 4.79 Å². The second-order valence-electron chi connectivity index (χ2n) is 6.35. The lowest BCUT2D eigenvalue weighted by atomic mass is 10.00. The van der Waals surface area contributed by atoms with Crippen LogP contribution in [-0.4, -0.2) is 11.5 Å². The fourth-order valence-corrected chi connectivity index (χ4v) is 2.58. The van der Waals surface area contributed by atoms with Crippen LogP contribution in [0.15, 0.2) is 54.6 Å². The van der Waals surface area contributed by atoms with Gasteiger partial charge in [0.15, 0.2) is 0 Å². The van der Waals surface area contributed by atoms with Gasteiger partial charge >= 0.3 is 0 Å². The van der Waals surface area contributed by atoms with Crippen LogP contribution in [0, 0.1) is 0 Å². The number of ether oxygens (including phenoxy) is 1. The fraction of sp³-hybridized carbons (Fsp3) is 0.250. The lowest BCUT2D eigenvalue weighted by Crippen LogP contribution is -2.27. The Hall–Kier alpha value is -2.55. The van der Waals surface area contributed by atoms with Crippen LogP contribution >= 0.6 is 0 Å². The van der Waals surface area contributed by atoms with Gasteiger partial charge in [-0.25, -0.2) is 0 Å². The minimum atomic E-state index is -0.276. The van der Waals surface area contributed by atoms with E-state index in [4.69, 9.17) is 4.74 Å². The van der Waals surface area contributed by atoms with Crippen LogP contribution in [0.3, 0.4) is 0 Å². The predicted octanol–water partition coefficient (Wildman–Crippen LogP) is 3.73. The van der Waals surface area contributed by atoms with E-state index < -0.39 is 0 Å². The molecular formula is C20H21NO2. The van der Waals surface area contributed by atoms with Crippen molar-refractivity contribution in [2.24, 2.45) is 0 Å². The van der Waals surface area contributed by atoms with Crippen molar-refractivity contribution in [3.63, 3.8) is 0 Å². The molecule has 1 heterocycles. The van der Waals surface area contributed by atoms with E-state index >= 15 is 0 Å². The van der Waals surface area contributed by atoms with Crippen LogP contribution in [0.25, 0.3) is 6.08 Å². The van der Waals surface area contributed by atoms with Crippen molar-refractivity contribution in [1.82, 2.24) is 5.32 Å². The van der Waals surface area contributed by atoms with Crippen molar-refractivity contribution in [2.45, 2.75) is 32.4 Å². The molecule has 118 valence electrons. The van der Waals surface area contributed by atoms with Crippen molar-refractivity contribution in [2.75, 3.05) is 0 Å². The van der Waals surface area contributed by atoms with Crippen LogP contribution < -0.4 is 10.1 Å². The van der Waals surface area contributed by atoms with Crippen molar-refractivity contribution < 1.29 is 9.53 Å². The van der Waals surface area contributed by atoms with Gasteiger partial charge < -0.3 is 10.1 Å². The number of fused-ring (bicyclic) bond motifs is 1. The second kappa shape index (κ2) is 6.29. The largest absolute Gasteiger partial charge is 0.483 e. The Balaban J connectivity index is 1.61. The molecule has 0 unspecified atom stereocenters. The molecular weight excluding hydrogens is 286 g/mol. The maximum atomic E-state index is 12.1. The van der Waals surface area contributed by atoms with Gasteiger partial charge in [-0.3, -0.25) is 4.79 Å². The third-order valence-corrected chi connectivity index (χ3v) is 3.81.